The lowest BCUT2D eigenvalue weighted by Crippen LogP contribution is -2.11. The zero-order chi connectivity index (χ0) is 15.2. The Bertz CT molecular complexity index is 644. The standard InChI is InChI=1S/C16H17BrN2O2/c1-3-7-14-12(16(20)21-4-2)10-18-15(19-14)11-8-5-6-9-13(11)17/h5-6,8-10H,3-4,7H2,1-2H3. The van der Waals surface area contributed by atoms with E-state index in [9.17, 15) is 4.79 Å². The number of hydrogen-bond acceptors (Lipinski definition) is 4. The number of benzene rings is 1. The molecule has 4 nitrogen and oxygen atoms in total. The van der Waals surface area contributed by atoms with Crippen molar-refractivity contribution in [3.05, 3.63) is 46.2 Å². The summed E-state index contributed by atoms with van der Waals surface area (Å²) >= 11 is 3.50. The van der Waals surface area contributed by atoms with Crippen LogP contribution in [0.2, 0.25) is 0 Å². The van der Waals surface area contributed by atoms with Crippen molar-refractivity contribution in [2.75, 3.05) is 6.61 Å². The van der Waals surface area contributed by atoms with Gasteiger partial charge in [0.25, 0.3) is 0 Å². The second kappa shape index (κ2) is 7.31. The number of esters is 1. The van der Waals surface area contributed by atoms with Gasteiger partial charge in [-0.25, -0.2) is 14.8 Å². The summed E-state index contributed by atoms with van der Waals surface area (Å²) < 4.78 is 5.98. The number of aromatic nitrogens is 2. The van der Waals surface area contributed by atoms with Gasteiger partial charge in [0.15, 0.2) is 5.82 Å². The van der Waals surface area contributed by atoms with E-state index in [1.165, 1.54) is 0 Å². The zero-order valence-corrected chi connectivity index (χ0v) is 13.7. The van der Waals surface area contributed by atoms with Gasteiger partial charge >= 0.3 is 5.97 Å². The minimum atomic E-state index is -0.361. The molecule has 2 aromatic rings. The molecule has 0 saturated heterocycles. The molecule has 0 bridgehead atoms. The lowest BCUT2D eigenvalue weighted by Gasteiger charge is -2.09. The van der Waals surface area contributed by atoms with Crippen molar-refractivity contribution in [2.24, 2.45) is 0 Å². The largest absolute Gasteiger partial charge is 0.462 e. The van der Waals surface area contributed by atoms with E-state index in [-0.39, 0.29) is 5.97 Å². The molecule has 1 aromatic heterocycles. The van der Waals surface area contributed by atoms with Crippen molar-refractivity contribution in [3.63, 3.8) is 0 Å². The summed E-state index contributed by atoms with van der Waals surface area (Å²) in [6, 6.07) is 7.76. The van der Waals surface area contributed by atoms with Gasteiger partial charge in [0.2, 0.25) is 0 Å². The van der Waals surface area contributed by atoms with Crippen LogP contribution in [0.5, 0.6) is 0 Å². The van der Waals surface area contributed by atoms with Crippen LogP contribution in [0.3, 0.4) is 0 Å². The van der Waals surface area contributed by atoms with Crippen molar-refractivity contribution >= 4 is 21.9 Å². The number of halogens is 1. The molecular formula is C16H17BrN2O2. The van der Waals surface area contributed by atoms with E-state index in [1.54, 1.807) is 13.1 Å². The summed E-state index contributed by atoms with van der Waals surface area (Å²) in [5.74, 6) is 0.249. The van der Waals surface area contributed by atoms with Crippen LogP contribution in [0, 0.1) is 0 Å². The van der Waals surface area contributed by atoms with Crippen molar-refractivity contribution in [2.45, 2.75) is 26.7 Å². The van der Waals surface area contributed by atoms with Gasteiger partial charge in [-0.1, -0.05) is 47.5 Å². The fourth-order valence-corrected chi connectivity index (χ4v) is 2.46. The van der Waals surface area contributed by atoms with Gasteiger partial charge in [0.1, 0.15) is 0 Å². The van der Waals surface area contributed by atoms with Gasteiger partial charge < -0.3 is 4.74 Å². The Morgan fingerprint density at radius 2 is 2.05 bits per heavy atom. The molecule has 0 unspecified atom stereocenters. The van der Waals surface area contributed by atoms with Gasteiger partial charge in [-0.15, -0.1) is 0 Å². The predicted octanol–water partition coefficient (Wildman–Crippen LogP) is 4.04. The summed E-state index contributed by atoms with van der Waals surface area (Å²) in [6.45, 7) is 4.18. The molecule has 5 heteroatoms. The molecule has 0 atom stereocenters. The number of carbonyl (C=O) groups excluding carboxylic acids is 1. The number of aryl methyl sites for hydroxylation is 1. The molecule has 0 fully saturated rings. The molecule has 0 N–H and O–H groups in total. The maximum absolute atomic E-state index is 11.9. The Labute approximate surface area is 132 Å². The zero-order valence-electron chi connectivity index (χ0n) is 12.1. The molecule has 0 spiro atoms. The molecule has 110 valence electrons. The van der Waals surface area contributed by atoms with E-state index in [4.69, 9.17) is 4.74 Å². The van der Waals surface area contributed by atoms with E-state index >= 15 is 0 Å². The van der Waals surface area contributed by atoms with Crippen molar-refractivity contribution in [1.29, 1.82) is 0 Å². The first-order valence-electron chi connectivity index (χ1n) is 6.95. The number of hydrogen-bond donors (Lipinski definition) is 0. The Balaban J connectivity index is 2.45. The van der Waals surface area contributed by atoms with E-state index in [0.717, 1.165) is 22.2 Å². The van der Waals surface area contributed by atoms with Crippen LogP contribution < -0.4 is 0 Å². The molecule has 0 saturated carbocycles. The second-order valence-electron chi connectivity index (χ2n) is 4.50. The van der Waals surface area contributed by atoms with Gasteiger partial charge in [-0.2, -0.15) is 0 Å². The maximum atomic E-state index is 11.9. The first-order valence-corrected chi connectivity index (χ1v) is 7.74. The van der Waals surface area contributed by atoms with Gasteiger partial charge in [0, 0.05) is 16.2 Å². The Hall–Kier alpha value is -1.75. The third-order valence-corrected chi connectivity index (χ3v) is 3.66. The van der Waals surface area contributed by atoms with Crippen LogP contribution in [-0.4, -0.2) is 22.5 Å². The molecule has 0 aliphatic heterocycles. The number of rotatable bonds is 5. The van der Waals surface area contributed by atoms with Crippen LogP contribution in [-0.2, 0) is 11.2 Å². The molecule has 0 radical (unpaired) electrons. The first-order chi connectivity index (χ1) is 10.2. The van der Waals surface area contributed by atoms with E-state index in [2.05, 4.69) is 32.8 Å². The molecule has 0 amide bonds. The number of nitrogens with zero attached hydrogens (tertiary/aromatic N) is 2. The molecule has 0 aliphatic carbocycles. The molecule has 21 heavy (non-hydrogen) atoms. The lowest BCUT2D eigenvalue weighted by atomic mass is 10.1. The van der Waals surface area contributed by atoms with Crippen LogP contribution in [0.1, 0.15) is 36.3 Å². The monoisotopic (exact) mass is 348 g/mol. The number of ether oxygens (including phenoxy) is 1. The SMILES string of the molecule is CCCc1nc(-c2ccccc2Br)ncc1C(=O)OCC. The average molecular weight is 349 g/mol. The normalized spacial score (nSPS) is 10.4. The van der Waals surface area contributed by atoms with Crippen molar-refractivity contribution < 1.29 is 9.53 Å². The highest BCUT2D eigenvalue weighted by Crippen LogP contribution is 2.25. The second-order valence-corrected chi connectivity index (χ2v) is 5.36. The molecular weight excluding hydrogens is 332 g/mol. The van der Waals surface area contributed by atoms with Crippen LogP contribution in [0.4, 0.5) is 0 Å². The highest BCUT2D eigenvalue weighted by Gasteiger charge is 2.16. The van der Waals surface area contributed by atoms with E-state index in [1.807, 2.05) is 24.3 Å². The van der Waals surface area contributed by atoms with E-state index in [0.29, 0.717) is 24.4 Å². The minimum Gasteiger partial charge on any atom is -0.462 e. The molecule has 2 rings (SSSR count). The Morgan fingerprint density at radius 3 is 2.71 bits per heavy atom. The van der Waals surface area contributed by atoms with E-state index < -0.39 is 0 Å². The van der Waals surface area contributed by atoms with Gasteiger partial charge in [0.05, 0.1) is 17.9 Å². The molecule has 1 aromatic carbocycles. The summed E-state index contributed by atoms with van der Waals surface area (Å²) in [4.78, 5) is 20.8. The van der Waals surface area contributed by atoms with Crippen LogP contribution in [0.15, 0.2) is 34.9 Å². The summed E-state index contributed by atoms with van der Waals surface area (Å²) in [6.07, 6.45) is 3.18. The number of carbonyl (C=O) groups is 1. The van der Waals surface area contributed by atoms with Gasteiger partial charge in [-0.3, -0.25) is 0 Å². The summed E-state index contributed by atoms with van der Waals surface area (Å²) in [5.41, 5.74) is 2.09. The summed E-state index contributed by atoms with van der Waals surface area (Å²) in [7, 11) is 0. The lowest BCUT2D eigenvalue weighted by molar-refractivity contribution is 0.0524. The van der Waals surface area contributed by atoms with Crippen LogP contribution in [0.25, 0.3) is 11.4 Å². The predicted molar refractivity (Wildman–Crippen MR) is 85.1 cm³/mol. The molecule has 1 heterocycles. The van der Waals surface area contributed by atoms with Crippen molar-refractivity contribution in [1.82, 2.24) is 9.97 Å². The highest BCUT2D eigenvalue weighted by atomic mass is 79.9. The fourth-order valence-electron chi connectivity index (χ4n) is 2.00. The summed E-state index contributed by atoms with van der Waals surface area (Å²) in [5, 5.41) is 0. The minimum absolute atomic E-state index is 0.344. The van der Waals surface area contributed by atoms with Gasteiger partial charge in [-0.05, 0) is 19.4 Å². The first kappa shape index (κ1) is 15.6. The third-order valence-electron chi connectivity index (χ3n) is 2.96. The Morgan fingerprint density at radius 1 is 1.29 bits per heavy atom. The highest BCUT2D eigenvalue weighted by molar-refractivity contribution is 9.10. The topological polar surface area (TPSA) is 52.1 Å². The molecule has 0 aliphatic rings. The van der Waals surface area contributed by atoms with Crippen LogP contribution >= 0.6 is 15.9 Å². The average Bonchev–Trinajstić information content (AvgIpc) is 2.48. The Kier molecular flexibility index (Phi) is 5.44. The quantitative estimate of drug-likeness (QED) is 0.765. The third kappa shape index (κ3) is 3.67. The fraction of sp³-hybridized carbons (Fsp3) is 0.312. The maximum Gasteiger partial charge on any atom is 0.341 e. The van der Waals surface area contributed by atoms with Crippen molar-refractivity contribution in [3.8, 4) is 11.4 Å². The smallest absolute Gasteiger partial charge is 0.341 e.